The number of esters is 1. The molecule has 0 aliphatic carbocycles. The molecule has 0 amide bonds. The molecule has 0 aliphatic rings. The molecule has 1 aromatic heterocycles. The van der Waals surface area contributed by atoms with Crippen molar-refractivity contribution in [3.05, 3.63) is 70.4 Å². The molecule has 4 heteroatoms. The summed E-state index contributed by atoms with van der Waals surface area (Å²) in [6.45, 7) is 0. The summed E-state index contributed by atoms with van der Waals surface area (Å²) in [5.74, 6) is -0.449. The van der Waals surface area contributed by atoms with Crippen molar-refractivity contribution in [1.29, 1.82) is 0 Å². The molecule has 112 valence electrons. The maximum atomic E-state index is 12.9. The molecule has 4 aromatic rings. The lowest BCUT2D eigenvalue weighted by Crippen LogP contribution is -2.04. The van der Waals surface area contributed by atoms with E-state index in [-0.39, 0.29) is 5.43 Å². The van der Waals surface area contributed by atoms with Crippen molar-refractivity contribution >= 4 is 38.5 Å². The van der Waals surface area contributed by atoms with Gasteiger partial charge in [-0.1, -0.05) is 42.5 Å². The Morgan fingerprint density at radius 3 is 2.43 bits per heavy atom. The molecule has 3 aromatic carbocycles. The number of aromatic amines is 1. The molecule has 1 heterocycles. The van der Waals surface area contributed by atoms with E-state index in [1.54, 1.807) is 18.2 Å². The van der Waals surface area contributed by atoms with Gasteiger partial charge in [0.2, 0.25) is 5.43 Å². The van der Waals surface area contributed by atoms with E-state index in [2.05, 4.69) is 4.98 Å². The molecule has 0 radical (unpaired) electrons. The van der Waals surface area contributed by atoms with E-state index >= 15 is 0 Å². The Hall–Kier alpha value is -3.14. The molecule has 0 unspecified atom stereocenters. The van der Waals surface area contributed by atoms with Crippen LogP contribution in [0.4, 0.5) is 0 Å². The van der Waals surface area contributed by atoms with E-state index in [0.717, 1.165) is 16.3 Å². The first kappa shape index (κ1) is 13.5. The van der Waals surface area contributed by atoms with Gasteiger partial charge in [-0.15, -0.1) is 0 Å². The molecular formula is C19H13NO3. The average molecular weight is 303 g/mol. The van der Waals surface area contributed by atoms with Crippen LogP contribution in [0.2, 0.25) is 0 Å². The van der Waals surface area contributed by atoms with Gasteiger partial charge >= 0.3 is 5.97 Å². The minimum absolute atomic E-state index is 0.123. The third kappa shape index (κ3) is 1.92. The predicted molar refractivity (Wildman–Crippen MR) is 90.9 cm³/mol. The Balaban J connectivity index is 2.23. The second-order valence-corrected chi connectivity index (χ2v) is 5.38. The highest BCUT2D eigenvalue weighted by atomic mass is 16.5. The Labute approximate surface area is 131 Å². The first-order chi connectivity index (χ1) is 11.2. The van der Waals surface area contributed by atoms with Crippen molar-refractivity contribution in [2.75, 3.05) is 7.11 Å². The molecule has 0 bridgehead atoms. The van der Waals surface area contributed by atoms with E-state index in [0.29, 0.717) is 21.9 Å². The van der Waals surface area contributed by atoms with E-state index in [1.165, 1.54) is 7.11 Å². The van der Waals surface area contributed by atoms with Crippen LogP contribution < -0.4 is 5.43 Å². The van der Waals surface area contributed by atoms with Crippen molar-refractivity contribution in [2.24, 2.45) is 0 Å². The number of para-hydroxylation sites is 1. The summed E-state index contributed by atoms with van der Waals surface area (Å²) in [5.41, 5.74) is 1.73. The molecule has 23 heavy (non-hydrogen) atoms. The van der Waals surface area contributed by atoms with Crippen LogP contribution in [-0.2, 0) is 4.74 Å². The molecule has 0 saturated heterocycles. The topological polar surface area (TPSA) is 59.2 Å². The zero-order chi connectivity index (χ0) is 16.0. The molecule has 4 nitrogen and oxygen atoms in total. The van der Waals surface area contributed by atoms with Gasteiger partial charge in [0.25, 0.3) is 0 Å². The molecular weight excluding hydrogens is 290 g/mol. The van der Waals surface area contributed by atoms with E-state index in [1.807, 2.05) is 36.4 Å². The Morgan fingerprint density at radius 2 is 1.61 bits per heavy atom. The number of aromatic nitrogens is 1. The lowest BCUT2D eigenvalue weighted by molar-refractivity contribution is 0.0603. The Bertz CT molecular complexity index is 1140. The highest BCUT2D eigenvalue weighted by Crippen LogP contribution is 2.25. The molecule has 0 spiro atoms. The number of rotatable bonds is 1. The zero-order valence-electron chi connectivity index (χ0n) is 12.4. The highest BCUT2D eigenvalue weighted by molar-refractivity contribution is 6.11. The fourth-order valence-electron chi connectivity index (χ4n) is 3.05. The molecule has 0 fully saturated rings. The van der Waals surface area contributed by atoms with E-state index in [4.69, 9.17) is 4.74 Å². The third-order valence-corrected chi connectivity index (χ3v) is 4.15. The van der Waals surface area contributed by atoms with Crippen LogP contribution in [0.5, 0.6) is 0 Å². The number of hydrogen-bond acceptors (Lipinski definition) is 3. The number of carbonyl (C=O) groups excluding carboxylic acids is 1. The maximum absolute atomic E-state index is 12.9. The predicted octanol–water partition coefficient (Wildman–Crippen LogP) is 3.62. The summed E-state index contributed by atoms with van der Waals surface area (Å²) < 4.78 is 4.82. The molecule has 0 saturated carbocycles. The van der Waals surface area contributed by atoms with Crippen molar-refractivity contribution in [3.63, 3.8) is 0 Å². The molecule has 4 rings (SSSR count). The quantitative estimate of drug-likeness (QED) is 0.546. The van der Waals surface area contributed by atoms with Crippen molar-refractivity contribution in [2.45, 2.75) is 0 Å². The minimum Gasteiger partial charge on any atom is -0.465 e. The zero-order valence-corrected chi connectivity index (χ0v) is 12.4. The summed E-state index contributed by atoms with van der Waals surface area (Å²) in [6.07, 6.45) is 0. The van der Waals surface area contributed by atoms with E-state index < -0.39 is 5.97 Å². The molecule has 1 N–H and O–H groups in total. The third-order valence-electron chi connectivity index (χ3n) is 4.15. The SMILES string of the molecule is COC(=O)c1cccc2c(=O)c3[nH]c4ccccc4c3ccc12. The van der Waals surface area contributed by atoms with Gasteiger partial charge in [0.1, 0.15) is 0 Å². The summed E-state index contributed by atoms with van der Waals surface area (Å²) in [4.78, 5) is 28.1. The molecule has 0 atom stereocenters. The highest BCUT2D eigenvalue weighted by Gasteiger charge is 2.13. The summed E-state index contributed by atoms with van der Waals surface area (Å²) in [7, 11) is 1.33. The number of nitrogens with one attached hydrogen (secondary N) is 1. The van der Waals surface area contributed by atoms with Gasteiger partial charge in [-0.05, 0) is 12.1 Å². The monoisotopic (exact) mass is 303 g/mol. The van der Waals surface area contributed by atoms with E-state index in [9.17, 15) is 9.59 Å². The second-order valence-electron chi connectivity index (χ2n) is 5.38. The average Bonchev–Trinajstić information content (AvgIpc) is 2.90. The minimum atomic E-state index is -0.449. The standard InChI is InChI=1S/C19H13NO3/c1-23-19(22)15-7-4-6-14-11(15)9-10-13-12-5-2-3-8-16(12)20-17(13)18(14)21/h2-10,20H,1H3. The lowest BCUT2D eigenvalue weighted by Gasteiger charge is -2.01. The number of methoxy groups -OCH3 is 1. The number of carbonyl (C=O) groups is 1. The van der Waals surface area contributed by atoms with Crippen molar-refractivity contribution in [3.8, 4) is 0 Å². The normalized spacial score (nSPS) is 11.2. The fourth-order valence-corrected chi connectivity index (χ4v) is 3.05. The van der Waals surface area contributed by atoms with Gasteiger partial charge in [0.05, 0.1) is 18.2 Å². The number of hydrogen-bond donors (Lipinski definition) is 1. The number of H-pyrrole nitrogens is 1. The van der Waals surface area contributed by atoms with Crippen LogP contribution in [0.15, 0.2) is 59.4 Å². The van der Waals surface area contributed by atoms with Crippen LogP contribution in [0.25, 0.3) is 32.6 Å². The number of ether oxygens (including phenoxy) is 1. The van der Waals surface area contributed by atoms with Crippen molar-refractivity contribution < 1.29 is 9.53 Å². The number of benzene rings is 2. The van der Waals surface area contributed by atoms with Crippen molar-refractivity contribution in [1.82, 2.24) is 4.98 Å². The van der Waals surface area contributed by atoms with Crippen LogP contribution in [-0.4, -0.2) is 18.1 Å². The van der Waals surface area contributed by atoms with Crippen LogP contribution >= 0.6 is 0 Å². The van der Waals surface area contributed by atoms with Crippen LogP contribution in [0.3, 0.4) is 0 Å². The first-order valence-electron chi connectivity index (χ1n) is 7.25. The summed E-state index contributed by atoms with van der Waals surface area (Å²) in [5, 5.41) is 2.92. The smallest absolute Gasteiger partial charge is 0.338 e. The Kier molecular flexibility index (Phi) is 2.91. The summed E-state index contributed by atoms with van der Waals surface area (Å²) in [6, 6.07) is 16.6. The lowest BCUT2D eigenvalue weighted by atomic mass is 10.1. The summed E-state index contributed by atoms with van der Waals surface area (Å²) >= 11 is 0. The fraction of sp³-hybridized carbons (Fsp3) is 0.0526. The van der Waals surface area contributed by atoms with Gasteiger partial charge in [-0.3, -0.25) is 4.79 Å². The van der Waals surface area contributed by atoms with Crippen LogP contribution in [0.1, 0.15) is 10.4 Å². The van der Waals surface area contributed by atoms with Gasteiger partial charge in [-0.2, -0.15) is 0 Å². The second kappa shape index (κ2) is 4.95. The largest absolute Gasteiger partial charge is 0.465 e. The van der Waals surface area contributed by atoms with Crippen LogP contribution in [0, 0.1) is 0 Å². The first-order valence-corrected chi connectivity index (χ1v) is 7.25. The Morgan fingerprint density at radius 1 is 0.870 bits per heavy atom. The van der Waals surface area contributed by atoms with Gasteiger partial charge in [0, 0.05) is 27.1 Å². The van der Waals surface area contributed by atoms with Gasteiger partial charge in [-0.25, -0.2) is 4.79 Å². The maximum Gasteiger partial charge on any atom is 0.338 e. The van der Waals surface area contributed by atoms with Gasteiger partial charge < -0.3 is 9.72 Å². The number of fused-ring (bicyclic) bond motifs is 4. The molecule has 0 aliphatic heterocycles. The van der Waals surface area contributed by atoms with Gasteiger partial charge in [0.15, 0.2) is 0 Å².